The SMILES string of the molecule is C=Cc1cc(C(=O)O)cnc1N. The second-order valence-corrected chi connectivity index (χ2v) is 2.21. The second kappa shape index (κ2) is 3.04. The van der Waals surface area contributed by atoms with Crippen LogP contribution in [0.2, 0.25) is 0 Å². The lowest BCUT2D eigenvalue weighted by molar-refractivity contribution is 0.0696. The summed E-state index contributed by atoms with van der Waals surface area (Å²) in [5.74, 6) is -0.736. The van der Waals surface area contributed by atoms with Crippen molar-refractivity contribution in [1.29, 1.82) is 0 Å². The second-order valence-electron chi connectivity index (χ2n) is 2.21. The Morgan fingerprint density at radius 1 is 1.75 bits per heavy atom. The summed E-state index contributed by atoms with van der Waals surface area (Å²) in [4.78, 5) is 14.2. The Bertz CT molecular complexity index is 334. The number of pyridine rings is 1. The monoisotopic (exact) mass is 164 g/mol. The predicted octanol–water partition coefficient (Wildman–Crippen LogP) is 1.01. The Morgan fingerprint density at radius 2 is 2.42 bits per heavy atom. The van der Waals surface area contributed by atoms with Gasteiger partial charge in [0.15, 0.2) is 0 Å². The summed E-state index contributed by atoms with van der Waals surface area (Å²) >= 11 is 0. The number of aromatic carboxylic acids is 1. The predicted molar refractivity (Wildman–Crippen MR) is 45.7 cm³/mol. The fourth-order valence-electron chi connectivity index (χ4n) is 0.773. The lowest BCUT2D eigenvalue weighted by Gasteiger charge is -1.99. The first-order valence-electron chi connectivity index (χ1n) is 3.26. The number of hydrogen-bond donors (Lipinski definition) is 2. The van der Waals surface area contributed by atoms with Gasteiger partial charge in [-0.25, -0.2) is 9.78 Å². The number of aromatic nitrogens is 1. The topological polar surface area (TPSA) is 76.2 Å². The van der Waals surface area contributed by atoms with E-state index in [2.05, 4.69) is 11.6 Å². The molecule has 0 aromatic carbocycles. The largest absolute Gasteiger partial charge is 0.478 e. The number of nitrogens with zero attached hydrogens (tertiary/aromatic N) is 1. The van der Waals surface area contributed by atoms with Crippen molar-refractivity contribution in [3.63, 3.8) is 0 Å². The highest BCUT2D eigenvalue weighted by Gasteiger charge is 2.04. The number of nitrogen functional groups attached to an aromatic ring is 1. The molecule has 1 heterocycles. The summed E-state index contributed by atoms with van der Waals surface area (Å²) in [5.41, 5.74) is 6.07. The van der Waals surface area contributed by atoms with E-state index in [1.807, 2.05) is 0 Å². The van der Waals surface area contributed by atoms with Crippen molar-refractivity contribution in [3.8, 4) is 0 Å². The van der Waals surface area contributed by atoms with E-state index in [9.17, 15) is 4.79 Å². The number of carbonyl (C=O) groups is 1. The number of carboxylic acids is 1. The van der Waals surface area contributed by atoms with E-state index >= 15 is 0 Å². The van der Waals surface area contributed by atoms with Crippen molar-refractivity contribution < 1.29 is 9.90 Å². The molecule has 0 saturated carbocycles. The molecule has 0 spiro atoms. The standard InChI is InChI=1S/C8H8N2O2/c1-2-5-3-6(8(11)12)4-10-7(5)9/h2-4H,1H2,(H2,9,10)(H,11,12). The smallest absolute Gasteiger partial charge is 0.337 e. The summed E-state index contributed by atoms with van der Waals surface area (Å²) in [5, 5.41) is 8.58. The maximum Gasteiger partial charge on any atom is 0.337 e. The van der Waals surface area contributed by atoms with Crippen molar-refractivity contribution in [2.24, 2.45) is 0 Å². The minimum absolute atomic E-state index is 0.110. The Balaban J connectivity index is 3.22. The molecule has 62 valence electrons. The minimum Gasteiger partial charge on any atom is -0.478 e. The van der Waals surface area contributed by atoms with E-state index in [0.29, 0.717) is 5.56 Å². The van der Waals surface area contributed by atoms with Crippen LogP contribution in [0.15, 0.2) is 18.8 Å². The summed E-state index contributed by atoms with van der Waals surface area (Å²) in [6, 6.07) is 1.43. The first-order valence-corrected chi connectivity index (χ1v) is 3.26. The van der Waals surface area contributed by atoms with Gasteiger partial charge in [0, 0.05) is 11.8 Å². The maximum absolute atomic E-state index is 10.5. The Morgan fingerprint density at radius 3 is 2.92 bits per heavy atom. The highest BCUT2D eigenvalue weighted by molar-refractivity contribution is 5.88. The van der Waals surface area contributed by atoms with Crippen LogP contribution in [0.25, 0.3) is 6.08 Å². The molecule has 1 aromatic rings. The van der Waals surface area contributed by atoms with Crippen LogP contribution in [0, 0.1) is 0 Å². The zero-order chi connectivity index (χ0) is 9.14. The van der Waals surface area contributed by atoms with Crippen molar-refractivity contribution in [1.82, 2.24) is 4.98 Å². The molecule has 0 bridgehead atoms. The van der Waals surface area contributed by atoms with E-state index in [4.69, 9.17) is 10.8 Å². The van der Waals surface area contributed by atoms with Gasteiger partial charge < -0.3 is 10.8 Å². The molecule has 0 aliphatic rings. The molecule has 3 N–H and O–H groups in total. The Kier molecular flexibility index (Phi) is 2.09. The van der Waals surface area contributed by atoms with Gasteiger partial charge in [-0.1, -0.05) is 12.7 Å². The molecular formula is C8H8N2O2. The molecular weight excluding hydrogens is 156 g/mol. The van der Waals surface area contributed by atoms with Gasteiger partial charge in [-0.15, -0.1) is 0 Å². The van der Waals surface area contributed by atoms with Crippen LogP contribution in [0.4, 0.5) is 5.82 Å². The lowest BCUT2D eigenvalue weighted by atomic mass is 10.2. The molecule has 0 unspecified atom stereocenters. The first-order chi connectivity index (χ1) is 5.65. The lowest BCUT2D eigenvalue weighted by Crippen LogP contribution is -2.01. The van der Waals surface area contributed by atoms with Gasteiger partial charge in [0.1, 0.15) is 5.82 Å². The Hall–Kier alpha value is -1.84. The van der Waals surface area contributed by atoms with Gasteiger partial charge in [0.05, 0.1) is 5.56 Å². The normalized spacial score (nSPS) is 9.33. The van der Waals surface area contributed by atoms with E-state index < -0.39 is 5.97 Å². The molecule has 1 aromatic heterocycles. The fraction of sp³-hybridized carbons (Fsp3) is 0. The average Bonchev–Trinajstić information content (AvgIpc) is 2.05. The van der Waals surface area contributed by atoms with E-state index in [1.165, 1.54) is 18.3 Å². The number of carboxylic acid groups (broad SMARTS) is 1. The number of nitrogens with two attached hydrogens (primary N) is 1. The number of rotatable bonds is 2. The molecule has 0 atom stereocenters. The van der Waals surface area contributed by atoms with Crippen LogP contribution >= 0.6 is 0 Å². The van der Waals surface area contributed by atoms with Crippen molar-refractivity contribution in [2.75, 3.05) is 5.73 Å². The number of anilines is 1. The maximum atomic E-state index is 10.5. The molecule has 0 amide bonds. The number of hydrogen-bond acceptors (Lipinski definition) is 3. The van der Waals surface area contributed by atoms with Crippen molar-refractivity contribution in [2.45, 2.75) is 0 Å². The van der Waals surface area contributed by atoms with Gasteiger partial charge in [-0.3, -0.25) is 0 Å². The minimum atomic E-state index is -1.02. The molecule has 0 aliphatic heterocycles. The average molecular weight is 164 g/mol. The van der Waals surface area contributed by atoms with Crippen molar-refractivity contribution >= 4 is 17.9 Å². The van der Waals surface area contributed by atoms with Gasteiger partial charge >= 0.3 is 5.97 Å². The molecule has 4 heteroatoms. The third-order valence-electron chi connectivity index (χ3n) is 1.42. The van der Waals surface area contributed by atoms with Gasteiger partial charge in [0.2, 0.25) is 0 Å². The zero-order valence-electron chi connectivity index (χ0n) is 6.32. The highest BCUT2D eigenvalue weighted by atomic mass is 16.4. The third kappa shape index (κ3) is 1.42. The van der Waals surface area contributed by atoms with Crippen LogP contribution in [0.3, 0.4) is 0 Å². The first kappa shape index (κ1) is 8.26. The van der Waals surface area contributed by atoms with Gasteiger partial charge in [0.25, 0.3) is 0 Å². The molecule has 0 aliphatic carbocycles. The van der Waals surface area contributed by atoms with Gasteiger partial charge in [-0.2, -0.15) is 0 Å². The summed E-state index contributed by atoms with van der Waals surface area (Å²) in [7, 11) is 0. The van der Waals surface area contributed by atoms with E-state index in [1.54, 1.807) is 0 Å². The molecule has 1 rings (SSSR count). The van der Waals surface area contributed by atoms with Crippen LogP contribution in [0.5, 0.6) is 0 Å². The molecule has 12 heavy (non-hydrogen) atoms. The molecule has 0 saturated heterocycles. The molecule has 0 radical (unpaired) electrons. The van der Waals surface area contributed by atoms with Crippen LogP contribution in [-0.4, -0.2) is 16.1 Å². The van der Waals surface area contributed by atoms with Crippen LogP contribution in [-0.2, 0) is 0 Å². The van der Waals surface area contributed by atoms with Crippen molar-refractivity contribution in [3.05, 3.63) is 30.0 Å². The Labute approximate surface area is 69.4 Å². The summed E-state index contributed by atoms with van der Waals surface area (Å²) in [6.07, 6.45) is 2.68. The zero-order valence-corrected chi connectivity index (χ0v) is 6.32. The van der Waals surface area contributed by atoms with E-state index in [-0.39, 0.29) is 11.4 Å². The summed E-state index contributed by atoms with van der Waals surface area (Å²) in [6.45, 7) is 3.48. The molecule has 0 fully saturated rings. The van der Waals surface area contributed by atoms with Crippen LogP contribution < -0.4 is 5.73 Å². The van der Waals surface area contributed by atoms with Crippen LogP contribution in [0.1, 0.15) is 15.9 Å². The third-order valence-corrected chi connectivity index (χ3v) is 1.42. The highest BCUT2D eigenvalue weighted by Crippen LogP contribution is 2.11. The van der Waals surface area contributed by atoms with E-state index in [0.717, 1.165) is 0 Å². The summed E-state index contributed by atoms with van der Waals surface area (Å²) < 4.78 is 0. The van der Waals surface area contributed by atoms with Gasteiger partial charge in [-0.05, 0) is 6.07 Å². The molecule has 4 nitrogen and oxygen atoms in total. The fourth-order valence-corrected chi connectivity index (χ4v) is 0.773. The quantitative estimate of drug-likeness (QED) is 0.683.